The van der Waals surface area contributed by atoms with Gasteiger partial charge in [0.15, 0.2) is 5.78 Å². The Hall–Kier alpha value is -2.08. The molecule has 6 heteroatoms. The fourth-order valence-corrected chi connectivity index (χ4v) is 2.46. The van der Waals surface area contributed by atoms with Crippen molar-refractivity contribution in [1.82, 2.24) is 5.32 Å². The molecule has 3 N–H and O–H groups in total. The summed E-state index contributed by atoms with van der Waals surface area (Å²) in [6.45, 7) is 3.73. The number of aliphatic carboxylic acids is 1. The van der Waals surface area contributed by atoms with Gasteiger partial charge >= 0.3 is 5.97 Å². The van der Waals surface area contributed by atoms with Gasteiger partial charge in [-0.2, -0.15) is 0 Å². The van der Waals surface area contributed by atoms with Crippen molar-refractivity contribution in [2.75, 3.05) is 25.0 Å². The van der Waals surface area contributed by atoms with Crippen LogP contribution < -0.4 is 15.4 Å². The van der Waals surface area contributed by atoms with E-state index >= 15 is 0 Å². The summed E-state index contributed by atoms with van der Waals surface area (Å²) in [4.78, 5) is 22.5. The number of ether oxygens (including phenoxy) is 1. The van der Waals surface area contributed by atoms with E-state index in [1.807, 2.05) is 19.1 Å². The summed E-state index contributed by atoms with van der Waals surface area (Å²) >= 11 is 0. The number of Topliss-reactive ketones (excluding diaryl/α,β-unsaturated/α-hetero) is 1. The average molecular weight is 320 g/mol. The van der Waals surface area contributed by atoms with Gasteiger partial charge in [-0.05, 0) is 44.5 Å². The summed E-state index contributed by atoms with van der Waals surface area (Å²) in [6, 6.07) is 5.45. The zero-order valence-corrected chi connectivity index (χ0v) is 13.4. The van der Waals surface area contributed by atoms with Crippen LogP contribution in [0.4, 0.5) is 5.69 Å². The number of nitrogens with one attached hydrogen (secondary N) is 2. The van der Waals surface area contributed by atoms with Gasteiger partial charge in [0.1, 0.15) is 11.9 Å². The Labute approximate surface area is 136 Å². The van der Waals surface area contributed by atoms with E-state index in [9.17, 15) is 9.59 Å². The third-order valence-electron chi connectivity index (χ3n) is 3.74. The van der Waals surface area contributed by atoms with E-state index in [0.29, 0.717) is 12.0 Å². The molecule has 1 heterocycles. The number of carbonyl (C=O) groups is 2. The number of carbonyl (C=O) groups excluding carboxylic acids is 1. The Morgan fingerprint density at radius 3 is 2.96 bits per heavy atom. The quantitative estimate of drug-likeness (QED) is 0.478. The van der Waals surface area contributed by atoms with Gasteiger partial charge in [-0.1, -0.05) is 6.42 Å². The van der Waals surface area contributed by atoms with Gasteiger partial charge in [-0.3, -0.25) is 9.59 Å². The third kappa shape index (κ3) is 5.56. The molecular formula is C17H24N2O4. The van der Waals surface area contributed by atoms with Crippen LogP contribution in [0.15, 0.2) is 18.2 Å². The Morgan fingerprint density at radius 2 is 2.17 bits per heavy atom. The van der Waals surface area contributed by atoms with Crippen LogP contribution in [0.2, 0.25) is 0 Å². The minimum atomic E-state index is -0.757. The minimum Gasteiger partial charge on any atom is -0.487 e. The van der Waals surface area contributed by atoms with Gasteiger partial charge in [0, 0.05) is 12.0 Å². The summed E-state index contributed by atoms with van der Waals surface area (Å²) in [5.74, 6) is 0.0676. The summed E-state index contributed by atoms with van der Waals surface area (Å²) in [7, 11) is 0. The first-order chi connectivity index (χ1) is 11.1. The average Bonchev–Trinajstić information content (AvgIpc) is 2.53. The van der Waals surface area contributed by atoms with Crippen LogP contribution in [0.1, 0.15) is 43.0 Å². The molecular weight excluding hydrogens is 296 g/mol. The largest absolute Gasteiger partial charge is 0.487 e. The molecule has 0 fully saturated rings. The third-order valence-corrected chi connectivity index (χ3v) is 3.74. The van der Waals surface area contributed by atoms with E-state index in [0.717, 1.165) is 37.4 Å². The lowest BCUT2D eigenvalue weighted by Crippen LogP contribution is -2.28. The fourth-order valence-electron chi connectivity index (χ4n) is 2.46. The summed E-state index contributed by atoms with van der Waals surface area (Å²) in [6.07, 6.45) is 2.75. The monoisotopic (exact) mass is 320 g/mol. The predicted molar refractivity (Wildman–Crippen MR) is 88.3 cm³/mol. The molecule has 0 saturated heterocycles. The smallest absolute Gasteiger partial charge is 0.303 e. The molecule has 23 heavy (non-hydrogen) atoms. The van der Waals surface area contributed by atoms with Gasteiger partial charge in [0.05, 0.1) is 18.8 Å². The second-order valence-electron chi connectivity index (χ2n) is 5.82. The fraction of sp³-hybridized carbons (Fsp3) is 0.529. The highest BCUT2D eigenvalue weighted by molar-refractivity contribution is 5.98. The molecule has 0 radical (unpaired) electrons. The van der Waals surface area contributed by atoms with Crippen LogP contribution >= 0.6 is 0 Å². The second-order valence-corrected chi connectivity index (χ2v) is 5.82. The maximum absolute atomic E-state index is 12.2. The standard InChI is InChI=1S/C17H24N2O4/c1-12-10-19-14-9-13(6-7-16(14)23-12)15(20)11-18-8-4-2-3-5-17(21)22/h6-7,9,12,18-19H,2-5,8,10-11H2,1H3,(H,21,22). The first kappa shape index (κ1) is 17.3. The Balaban J connectivity index is 1.71. The van der Waals surface area contributed by atoms with E-state index in [1.165, 1.54) is 0 Å². The molecule has 0 aliphatic carbocycles. The summed E-state index contributed by atoms with van der Waals surface area (Å²) in [5, 5.41) is 14.9. The van der Waals surface area contributed by atoms with Crippen molar-refractivity contribution in [3.63, 3.8) is 0 Å². The van der Waals surface area contributed by atoms with Gasteiger partial charge in [-0.25, -0.2) is 0 Å². The Morgan fingerprint density at radius 1 is 1.35 bits per heavy atom. The zero-order valence-electron chi connectivity index (χ0n) is 13.4. The molecule has 1 aromatic rings. The van der Waals surface area contributed by atoms with Gasteiger partial charge in [0.2, 0.25) is 0 Å². The number of rotatable bonds is 9. The van der Waals surface area contributed by atoms with Crippen molar-refractivity contribution >= 4 is 17.4 Å². The zero-order chi connectivity index (χ0) is 16.7. The molecule has 0 spiro atoms. The molecule has 1 atom stereocenters. The van der Waals surface area contributed by atoms with E-state index in [-0.39, 0.29) is 24.9 Å². The number of ketones is 1. The molecule has 0 saturated carbocycles. The first-order valence-electron chi connectivity index (χ1n) is 8.06. The lowest BCUT2D eigenvalue weighted by Gasteiger charge is -2.25. The number of unbranched alkanes of at least 4 members (excludes halogenated alkanes) is 2. The molecule has 0 amide bonds. The highest BCUT2D eigenvalue weighted by atomic mass is 16.5. The minimum absolute atomic E-state index is 0.0405. The van der Waals surface area contributed by atoms with E-state index < -0.39 is 5.97 Å². The van der Waals surface area contributed by atoms with Crippen LogP contribution in [-0.2, 0) is 4.79 Å². The number of anilines is 1. The van der Waals surface area contributed by atoms with E-state index in [1.54, 1.807) is 6.07 Å². The number of benzene rings is 1. The first-order valence-corrected chi connectivity index (χ1v) is 8.06. The Kier molecular flexibility index (Phi) is 6.40. The molecule has 2 rings (SSSR count). The molecule has 0 bridgehead atoms. The Bertz CT molecular complexity index is 560. The maximum atomic E-state index is 12.2. The van der Waals surface area contributed by atoms with Crippen molar-refractivity contribution in [3.05, 3.63) is 23.8 Å². The number of carboxylic acid groups (broad SMARTS) is 1. The van der Waals surface area contributed by atoms with Crippen LogP contribution in [0, 0.1) is 0 Å². The van der Waals surface area contributed by atoms with E-state index in [4.69, 9.17) is 9.84 Å². The number of fused-ring (bicyclic) bond motifs is 1. The second kappa shape index (κ2) is 8.53. The van der Waals surface area contributed by atoms with Crippen LogP contribution in [0.25, 0.3) is 0 Å². The van der Waals surface area contributed by atoms with E-state index in [2.05, 4.69) is 10.6 Å². The lowest BCUT2D eigenvalue weighted by molar-refractivity contribution is -0.137. The van der Waals surface area contributed by atoms with Crippen LogP contribution in [0.3, 0.4) is 0 Å². The maximum Gasteiger partial charge on any atom is 0.303 e. The molecule has 1 aliphatic rings. The van der Waals surface area contributed by atoms with Crippen molar-refractivity contribution in [2.24, 2.45) is 0 Å². The molecule has 0 aromatic heterocycles. The van der Waals surface area contributed by atoms with Gasteiger partial charge in [0.25, 0.3) is 0 Å². The molecule has 6 nitrogen and oxygen atoms in total. The highest BCUT2D eigenvalue weighted by Gasteiger charge is 2.17. The topological polar surface area (TPSA) is 87.7 Å². The normalized spacial score (nSPS) is 16.1. The van der Waals surface area contributed by atoms with Crippen molar-refractivity contribution < 1.29 is 19.4 Å². The van der Waals surface area contributed by atoms with Crippen molar-refractivity contribution in [1.29, 1.82) is 0 Å². The highest BCUT2D eigenvalue weighted by Crippen LogP contribution is 2.29. The van der Waals surface area contributed by atoms with Crippen LogP contribution in [-0.4, -0.2) is 42.6 Å². The van der Waals surface area contributed by atoms with Crippen molar-refractivity contribution in [2.45, 2.75) is 38.7 Å². The lowest BCUT2D eigenvalue weighted by atomic mass is 10.1. The molecule has 1 unspecified atom stereocenters. The number of carboxylic acids is 1. The number of hydrogen-bond donors (Lipinski definition) is 3. The van der Waals surface area contributed by atoms with Crippen LogP contribution in [0.5, 0.6) is 5.75 Å². The summed E-state index contributed by atoms with van der Waals surface area (Å²) < 4.78 is 5.69. The summed E-state index contributed by atoms with van der Waals surface area (Å²) in [5.41, 5.74) is 1.52. The SMILES string of the molecule is CC1CNc2cc(C(=O)CNCCCCCC(=O)O)ccc2O1. The molecule has 126 valence electrons. The number of hydrogen-bond acceptors (Lipinski definition) is 5. The molecule has 1 aromatic carbocycles. The van der Waals surface area contributed by atoms with Crippen molar-refractivity contribution in [3.8, 4) is 5.75 Å². The van der Waals surface area contributed by atoms with Gasteiger partial charge in [-0.15, -0.1) is 0 Å². The van der Waals surface area contributed by atoms with Gasteiger partial charge < -0.3 is 20.5 Å². The predicted octanol–water partition coefficient (Wildman–Crippen LogP) is 2.30. The molecule has 1 aliphatic heterocycles.